The predicted molar refractivity (Wildman–Crippen MR) is 131 cm³/mol. The van der Waals surface area contributed by atoms with Crippen LogP contribution in [0.15, 0.2) is 65.5 Å². The minimum absolute atomic E-state index is 0.0353. The molecule has 2 aromatic carbocycles. The van der Waals surface area contributed by atoms with E-state index >= 15 is 0 Å². The zero-order valence-electron chi connectivity index (χ0n) is 18.7. The highest BCUT2D eigenvalue weighted by atomic mass is 35.5. The van der Waals surface area contributed by atoms with Gasteiger partial charge in [-0.05, 0) is 30.3 Å². The minimum Gasteiger partial charge on any atom is -0.339 e. The Labute approximate surface area is 198 Å². The maximum absolute atomic E-state index is 12.8. The number of aromatic amines is 1. The average molecular weight is 466 g/mol. The fourth-order valence-corrected chi connectivity index (χ4v) is 4.19. The Hall–Kier alpha value is -3.16. The Bertz CT molecular complexity index is 1140. The van der Waals surface area contributed by atoms with Gasteiger partial charge in [0, 0.05) is 55.9 Å². The zero-order chi connectivity index (χ0) is 23.2. The van der Waals surface area contributed by atoms with Crippen molar-refractivity contribution in [3.63, 3.8) is 0 Å². The number of aromatic nitrogens is 2. The maximum atomic E-state index is 12.8. The summed E-state index contributed by atoms with van der Waals surface area (Å²) in [6, 6.07) is 18.8. The second-order valence-corrected chi connectivity index (χ2v) is 8.58. The quantitative estimate of drug-likeness (QED) is 0.579. The molecule has 4 rings (SSSR count). The Morgan fingerprint density at radius 3 is 2.48 bits per heavy atom. The lowest BCUT2D eigenvalue weighted by Crippen LogP contribution is -2.49. The largest absolute Gasteiger partial charge is 0.339 e. The van der Waals surface area contributed by atoms with E-state index < -0.39 is 0 Å². The first-order chi connectivity index (χ1) is 16.0. The van der Waals surface area contributed by atoms with Gasteiger partial charge in [-0.25, -0.2) is 4.98 Å². The number of H-pyrrole nitrogens is 1. The van der Waals surface area contributed by atoms with E-state index in [1.807, 2.05) is 28.0 Å². The van der Waals surface area contributed by atoms with Crippen LogP contribution in [0.2, 0.25) is 5.02 Å². The first-order valence-electron chi connectivity index (χ1n) is 11.2. The normalized spacial score (nSPS) is 14.0. The lowest BCUT2D eigenvalue weighted by molar-refractivity contribution is 0.0746. The van der Waals surface area contributed by atoms with Crippen LogP contribution in [0.5, 0.6) is 0 Å². The van der Waals surface area contributed by atoms with E-state index in [4.69, 9.17) is 16.6 Å². The molecule has 3 aromatic rings. The molecular formula is C25H28ClN5O2. The average Bonchev–Trinajstić information content (AvgIpc) is 2.83. The van der Waals surface area contributed by atoms with Gasteiger partial charge in [-0.3, -0.25) is 19.5 Å². The number of piperazine rings is 1. The fraction of sp³-hybridized carbons (Fsp3) is 0.320. The molecule has 0 aliphatic carbocycles. The Morgan fingerprint density at radius 2 is 1.79 bits per heavy atom. The van der Waals surface area contributed by atoms with Crippen molar-refractivity contribution in [2.45, 2.75) is 20.0 Å². The van der Waals surface area contributed by atoms with E-state index in [1.165, 1.54) is 5.56 Å². The van der Waals surface area contributed by atoms with Crippen LogP contribution < -0.4 is 10.5 Å². The van der Waals surface area contributed by atoms with Gasteiger partial charge < -0.3 is 9.80 Å². The molecule has 7 nitrogen and oxygen atoms in total. The number of anilines is 1. The number of rotatable bonds is 7. The van der Waals surface area contributed by atoms with Crippen LogP contribution in [0.3, 0.4) is 0 Å². The van der Waals surface area contributed by atoms with E-state index in [2.05, 4.69) is 28.9 Å². The lowest BCUT2D eigenvalue weighted by atomic mass is 10.2. The molecule has 0 spiro atoms. The first-order valence-corrected chi connectivity index (χ1v) is 11.6. The molecule has 8 heteroatoms. The van der Waals surface area contributed by atoms with Gasteiger partial charge >= 0.3 is 0 Å². The van der Waals surface area contributed by atoms with Crippen molar-refractivity contribution in [2.24, 2.45) is 0 Å². The molecule has 1 aliphatic heterocycles. The molecule has 1 N–H and O–H groups in total. The van der Waals surface area contributed by atoms with Gasteiger partial charge in [0.1, 0.15) is 0 Å². The lowest BCUT2D eigenvalue weighted by Gasteiger charge is -2.35. The third-order valence-electron chi connectivity index (χ3n) is 5.80. The number of carbonyl (C=O) groups is 1. The molecule has 1 saturated heterocycles. The topological polar surface area (TPSA) is 72.5 Å². The Kier molecular flexibility index (Phi) is 7.42. The van der Waals surface area contributed by atoms with Gasteiger partial charge in [-0.1, -0.05) is 54.9 Å². The van der Waals surface area contributed by atoms with Crippen LogP contribution in [0.25, 0.3) is 0 Å². The summed E-state index contributed by atoms with van der Waals surface area (Å²) in [6.45, 7) is 6.64. The molecule has 1 aromatic heterocycles. The molecule has 1 amide bonds. The number of hydrogen-bond donors (Lipinski definition) is 1. The fourth-order valence-electron chi connectivity index (χ4n) is 4.00. The van der Waals surface area contributed by atoms with E-state index in [1.54, 1.807) is 30.3 Å². The van der Waals surface area contributed by atoms with Crippen molar-refractivity contribution in [3.05, 3.63) is 92.9 Å². The van der Waals surface area contributed by atoms with Crippen molar-refractivity contribution >= 4 is 23.5 Å². The summed E-state index contributed by atoms with van der Waals surface area (Å²) in [7, 11) is 0. The molecule has 1 aliphatic rings. The molecule has 0 atom stereocenters. The predicted octanol–water partition coefficient (Wildman–Crippen LogP) is 3.41. The molecular weight excluding hydrogens is 438 g/mol. The van der Waals surface area contributed by atoms with Crippen LogP contribution in [-0.2, 0) is 13.1 Å². The van der Waals surface area contributed by atoms with Crippen LogP contribution in [0.4, 0.5) is 5.95 Å². The Morgan fingerprint density at radius 1 is 1.03 bits per heavy atom. The van der Waals surface area contributed by atoms with E-state index in [9.17, 15) is 9.59 Å². The number of carbonyl (C=O) groups excluding carboxylic acids is 1. The van der Waals surface area contributed by atoms with Crippen molar-refractivity contribution in [2.75, 3.05) is 37.6 Å². The molecule has 0 radical (unpaired) electrons. The SMILES string of the molecule is CCN(Cc1ccccc1)Cc1cc(=O)[nH]c(N2CCN(C(=O)c3cccc(Cl)c3)CC2)n1. The molecule has 33 heavy (non-hydrogen) atoms. The van der Waals surface area contributed by atoms with Crippen molar-refractivity contribution in [3.8, 4) is 0 Å². The standard InChI is InChI=1S/C25H28ClN5O2/c1-2-29(17-19-7-4-3-5-8-19)18-22-16-23(32)28-25(27-22)31-13-11-30(12-14-31)24(33)20-9-6-10-21(26)15-20/h3-10,15-16H,2,11-14,17-18H2,1H3,(H,27,28,32). The highest BCUT2D eigenvalue weighted by molar-refractivity contribution is 6.30. The van der Waals surface area contributed by atoms with Crippen LogP contribution in [0.1, 0.15) is 28.5 Å². The maximum Gasteiger partial charge on any atom is 0.254 e. The smallest absolute Gasteiger partial charge is 0.254 e. The summed E-state index contributed by atoms with van der Waals surface area (Å²) in [5.74, 6) is 0.523. The Balaban J connectivity index is 1.40. The number of amides is 1. The molecule has 0 unspecified atom stereocenters. The van der Waals surface area contributed by atoms with Crippen molar-refractivity contribution in [1.29, 1.82) is 0 Å². The highest BCUT2D eigenvalue weighted by Crippen LogP contribution is 2.16. The molecule has 0 bridgehead atoms. The van der Waals surface area contributed by atoms with E-state index in [0.29, 0.717) is 49.3 Å². The zero-order valence-corrected chi connectivity index (χ0v) is 19.5. The summed E-state index contributed by atoms with van der Waals surface area (Å²) in [5, 5.41) is 0.548. The van der Waals surface area contributed by atoms with Gasteiger partial charge in [0.2, 0.25) is 5.95 Å². The summed E-state index contributed by atoms with van der Waals surface area (Å²) in [6.07, 6.45) is 0. The van der Waals surface area contributed by atoms with Gasteiger partial charge in [-0.2, -0.15) is 0 Å². The van der Waals surface area contributed by atoms with E-state index in [-0.39, 0.29) is 11.5 Å². The van der Waals surface area contributed by atoms with Crippen molar-refractivity contribution in [1.82, 2.24) is 19.8 Å². The number of halogens is 1. The molecule has 0 saturated carbocycles. The first kappa shape index (κ1) is 23.0. The van der Waals surface area contributed by atoms with Crippen LogP contribution >= 0.6 is 11.6 Å². The molecule has 1 fully saturated rings. The second-order valence-electron chi connectivity index (χ2n) is 8.14. The number of benzene rings is 2. The van der Waals surface area contributed by atoms with Gasteiger partial charge in [0.15, 0.2) is 0 Å². The van der Waals surface area contributed by atoms with Gasteiger partial charge in [-0.15, -0.1) is 0 Å². The van der Waals surface area contributed by atoms with Gasteiger partial charge in [0.05, 0.1) is 5.69 Å². The minimum atomic E-state index is -0.164. The summed E-state index contributed by atoms with van der Waals surface area (Å²) >= 11 is 6.03. The van der Waals surface area contributed by atoms with Crippen LogP contribution in [0, 0.1) is 0 Å². The summed E-state index contributed by atoms with van der Waals surface area (Å²) in [4.78, 5) is 38.8. The molecule has 2 heterocycles. The van der Waals surface area contributed by atoms with Gasteiger partial charge in [0.25, 0.3) is 11.5 Å². The highest BCUT2D eigenvalue weighted by Gasteiger charge is 2.24. The van der Waals surface area contributed by atoms with E-state index in [0.717, 1.165) is 18.8 Å². The number of nitrogens with zero attached hydrogens (tertiary/aromatic N) is 4. The molecule has 172 valence electrons. The number of nitrogens with one attached hydrogen (secondary N) is 1. The van der Waals surface area contributed by atoms with Crippen molar-refractivity contribution < 1.29 is 4.79 Å². The third-order valence-corrected chi connectivity index (χ3v) is 6.04. The third kappa shape index (κ3) is 6.00. The summed E-state index contributed by atoms with van der Waals surface area (Å²) < 4.78 is 0. The summed E-state index contributed by atoms with van der Waals surface area (Å²) in [5.41, 5.74) is 2.39. The number of hydrogen-bond acceptors (Lipinski definition) is 5. The second kappa shape index (κ2) is 10.6. The monoisotopic (exact) mass is 465 g/mol. The van der Waals surface area contributed by atoms with Crippen LogP contribution in [-0.4, -0.2) is 58.4 Å².